The Morgan fingerprint density at radius 2 is 2.15 bits per heavy atom. The van der Waals surface area contributed by atoms with E-state index in [0.717, 1.165) is 23.3 Å². The highest BCUT2D eigenvalue weighted by Crippen LogP contribution is 2.29. The smallest absolute Gasteiger partial charge is 0.126 e. The summed E-state index contributed by atoms with van der Waals surface area (Å²) in [6.45, 7) is 0.540. The summed E-state index contributed by atoms with van der Waals surface area (Å²) in [7, 11) is 0. The molecule has 0 spiro atoms. The number of ether oxygens (including phenoxy) is 1. The molecule has 4 nitrogen and oxygen atoms in total. The third-order valence-corrected chi connectivity index (χ3v) is 3.81. The van der Waals surface area contributed by atoms with E-state index in [4.69, 9.17) is 10.5 Å². The Kier molecular flexibility index (Phi) is 3.56. The lowest BCUT2D eigenvalue weighted by molar-refractivity contribution is 0.0653. The van der Waals surface area contributed by atoms with E-state index in [0.29, 0.717) is 18.8 Å². The van der Waals surface area contributed by atoms with Gasteiger partial charge in [0.25, 0.3) is 0 Å². The molecule has 0 amide bonds. The minimum absolute atomic E-state index is 0.0875. The number of hydrogen-bond donors (Lipinski definition) is 2. The van der Waals surface area contributed by atoms with Crippen molar-refractivity contribution in [2.24, 2.45) is 5.92 Å². The van der Waals surface area contributed by atoms with Gasteiger partial charge in [0.1, 0.15) is 11.6 Å². The van der Waals surface area contributed by atoms with E-state index in [-0.39, 0.29) is 5.92 Å². The van der Waals surface area contributed by atoms with Gasteiger partial charge in [-0.25, -0.2) is 4.98 Å². The van der Waals surface area contributed by atoms with E-state index in [1.807, 2.05) is 36.4 Å². The lowest BCUT2D eigenvalue weighted by Gasteiger charge is -2.29. The number of hydrogen-bond acceptors (Lipinski definition) is 4. The zero-order valence-corrected chi connectivity index (χ0v) is 11.2. The molecule has 0 saturated carbocycles. The van der Waals surface area contributed by atoms with Crippen LogP contribution in [0.15, 0.2) is 42.6 Å². The van der Waals surface area contributed by atoms with Crippen molar-refractivity contribution in [3.63, 3.8) is 0 Å². The van der Waals surface area contributed by atoms with Gasteiger partial charge in [-0.15, -0.1) is 0 Å². The number of aliphatic hydroxyl groups excluding tert-OH is 1. The number of para-hydroxylation sites is 1. The molecule has 0 aliphatic carbocycles. The van der Waals surface area contributed by atoms with Gasteiger partial charge in [-0.2, -0.15) is 0 Å². The van der Waals surface area contributed by atoms with Crippen LogP contribution in [0.5, 0.6) is 5.75 Å². The van der Waals surface area contributed by atoms with Gasteiger partial charge in [-0.05, 0) is 29.7 Å². The van der Waals surface area contributed by atoms with Crippen molar-refractivity contribution in [1.29, 1.82) is 0 Å². The van der Waals surface area contributed by atoms with Gasteiger partial charge in [0.15, 0.2) is 0 Å². The van der Waals surface area contributed by atoms with Crippen molar-refractivity contribution in [1.82, 2.24) is 4.98 Å². The van der Waals surface area contributed by atoms with Crippen LogP contribution in [0.3, 0.4) is 0 Å². The lowest BCUT2D eigenvalue weighted by Crippen LogP contribution is -2.33. The van der Waals surface area contributed by atoms with Crippen LogP contribution in [0.4, 0.5) is 5.82 Å². The number of nitrogen functional groups attached to an aromatic ring is 1. The number of pyridine rings is 1. The van der Waals surface area contributed by atoms with E-state index in [1.54, 1.807) is 6.20 Å². The van der Waals surface area contributed by atoms with Crippen molar-refractivity contribution in [2.45, 2.75) is 18.9 Å². The first kappa shape index (κ1) is 12.9. The first-order chi connectivity index (χ1) is 9.74. The highest BCUT2D eigenvalue weighted by atomic mass is 16.5. The average molecular weight is 270 g/mol. The summed E-state index contributed by atoms with van der Waals surface area (Å²) < 4.78 is 5.72. The fourth-order valence-electron chi connectivity index (χ4n) is 2.61. The van der Waals surface area contributed by atoms with Crippen molar-refractivity contribution < 1.29 is 9.84 Å². The van der Waals surface area contributed by atoms with Crippen LogP contribution in [0.1, 0.15) is 11.1 Å². The van der Waals surface area contributed by atoms with Crippen LogP contribution < -0.4 is 10.5 Å². The molecule has 1 aromatic carbocycles. The largest absolute Gasteiger partial charge is 0.493 e. The highest BCUT2D eigenvalue weighted by molar-refractivity contribution is 5.39. The second kappa shape index (κ2) is 5.51. The molecule has 3 N–H and O–H groups in total. The Balaban J connectivity index is 1.70. The number of nitrogens with zero attached hydrogens (tertiary/aromatic N) is 1. The number of benzene rings is 1. The van der Waals surface area contributed by atoms with Crippen molar-refractivity contribution in [3.05, 3.63) is 53.7 Å². The molecule has 1 aliphatic rings. The molecule has 1 aromatic heterocycles. The summed E-state index contributed by atoms with van der Waals surface area (Å²) in [6, 6.07) is 11.7. The Labute approximate surface area is 118 Å². The van der Waals surface area contributed by atoms with Crippen LogP contribution in [0.2, 0.25) is 0 Å². The first-order valence-corrected chi connectivity index (χ1v) is 6.82. The quantitative estimate of drug-likeness (QED) is 0.892. The second-order valence-electron chi connectivity index (χ2n) is 5.20. The molecular formula is C16H18N2O2. The van der Waals surface area contributed by atoms with E-state index in [2.05, 4.69) is 4.98 Å². The summed E-state index contributed by atoms with van der Waals surface area (Å²) in [5, 5.41) is 10.4. The third kappa shape index (κ3) is 2.60. The second-order valence-corrected chi connectivity index (χ2v) is 5.20. The molecule has 0 radical (unpaired) electrons. The van der Waals surface area contributed by atoms with E-state index < -0.39 is 6.10 Å². The number of aliphatic hydroxyl groups is 1. The molecule has 2 atom stereocenters. The van der Waals surface area contributed by atoms with Gasteiger partial charge in [0, 0.05) is 18.5 Å². The van der Waals surface area contributed by atoms with Gasteiger partial charge in [0.2, 0.25) is 0 Å². The molecule has 2 heterocycles. The average Bonchev–Trinajstić information content (AvgIpc) is 2.49. The van der Waals surface area contributed by atoms with Gasteiger partial charge in [0.05, 0.1) is 12.7 Å². The van der Waals surface area contributed by atoms with Gasteiger partial charge >= 0.3 is 0 Å². The molecular weight excluding hydrogens is 252 g/mol. The van der Waals surface area contributed by atoms with Gasteiger partial charge in [-0.1, -0.05) is 24.3 Å². The van der Waals surface area contributed by atoms with E-state index in [9.17, 15) is 5.11 Å². The molecule has 2 unspecified atom stereocenters. The van der Waals surface area contributed by atoms with Crippen LogP contribution in [-0.4, -0.2) is 22.8 Å². The summed E-state index contributed by atoms with van der Waals surface area (Å²) in [5.41, 5.74) is 7.86. The normalized spacial score (nSPS) is 18.9. The van der Waals surface area contributed by atoms with Crippen molar-refractivity contribution >= 4 is 5.82 Å². The topological polar surface area (TPSA) is 68.4 Å². The SMILES string of the molecule is Nc1ncccc1CC(O)C1COc2ccccc2C1. The Morgan fingerprint density at radius 1 is 1.30 bits per heavy atom. The monoisotopic (exact) mass is 270 g/mol. The van der Waals surface area contributed by atoms with Gasteiger partial charge in [-0.3, -0.25) is 0 Å². The minimum atomic E-state index is -0.477. The molecule has 104 valence electrons. The number of anilines is 1. The standard InChI is InChI=1S/C16H18N2O2/c17-16-12(5-3-7-18-16)9-14(19)13-8-11-4-1-2-6-15(11)20-10-13/h1-7,13-14,19H,8-10H2,(H2,17,18). The van der Waals surface area contributed by atoms with Crippen molar-refractivity contribution in [3.8, 4) is 5.75 Å². The van der Waals surface area contributed by atoms with Crippen LogP contribution in [0, 0.1) is 5.92 Å². The summed E-state index contributed by atoms with van der Waals surface area (Å²) in [4.78, 5) is 4.05. The number of nitrogens with two attached hydrogens (primary N) is 1. The molecule has 0 saturated heterocycles. The third-order valence-electron chi connectivity index (χ3n) is 3.81. The molecule has 2 aromatic rings. The highest BCUT2D eigenvalue weighted by Gasteiger charge is 2.26. The fourth-order valence-corrected chi connectivity index (χ4v) is 2.61. The van der Waals surface area contributed by atoms with Gasteiger partial charge < -0.3 is 15.6 Å². The molecule has 0 bridgehead atoms. The van der Waals surface area contributed by atoms with E-state index >= 15 is 0 Å². The number of aromatic nitrogens is 1. The summed E-state index contributed by atoms with van der Waals surface area (Å²) >= 11 is 0. The van der Waals surface area contributed by atoms with Crippen LogP contribution in [0.25, 0.3) is 0 Å². The Bertz CT molecular complexity index is 601. The summed E-state index contributed by atoms with van der Waals surface area (Å²) in [5.74, 6) is 1.50. The maximum absolute atomic E-state index is 10.4. The molecule has 4 heteroatoms. The number of fused-ring (bicyclic) bond motifs is 1. The molecule has 0 fully saturated rings. The minimum Gasteiger partial charge on any atom is -0.493 e. The predicted molar refractivity (Wildman–Crippen MR) is 77.5 cm³/mol. The number of rotatable bonds is 3. The molecule has 3 rings (SSSR count). The lowest BCUT2D eigenvalue weighted by atomic mass is 9.89. The maximum atomic E-state index is 10.4. The molecule has 20 heavy (non-hydrogen) atoms. The maximum Gasteiger partial charge on any atom is 0.126 e. The van der Waals surface area contributed by atoms with Crippen LogP contribution >= 0.6 is 0 Å². The fraction of sp³-hybridized carbons (Fsp3) is 0.312. The predicted octanol–water partition coefficient (Wildman–Crippen LogP) is 1.82. The summed E-state index contributed by atoms with van der Waals surface area (Å²) in [6.07, 6.45) is 2.52. The first-order valence-electron chi connectivity index (χ1n) is 6.82. The van der Waals surface area contributed by atoms with Crippen LogP contribution in [-0.2, 0) is 12.8 Å². The zero-order valence-electron chi connectivity index (χ0n) is 11.2. The Morgan fingerprint density at radius 3 is 3.00 bits per heavy atom. The molecule has 1 aliphatic heterocycles. The Hall–Kier alpha value is -2.07. The zero-order chi connectivity index (χ0) is 13.9. The van der Waals surface area contributed by atoms with E-state index in [1.165, 1.54) is 0 Å². The van der Waals surface area contributed by atoms with Crippen molar-refractivity contribution in [2.75, 3.05) is 12.3 Å².